The number of rotatable bonds is 5. The quantitative estimate of drug-likeness (QED) is 0.434. The molecule has 1 aromatic rings. The molecule has 80 valence electrons. The van der Waals surface area contributed by atoms with Gasteiger partial charge in [-0.15, -0.1) is 12.3 Å². The van der Waals surface area contributed by atoms with Gasteiger partial charge in [0.1, 0.15) is 0 Å². The average molecular weight is 202 g/mol. The van der Waals surface area contributed by atoms with Gasteiger partial charge in [-0.2, -0.15) is 0 Å². The first kappa shape index (κ1) is 11.8. The molecule has 0 fully saturated rings. The lowest BCUT2D eigenvalue weighted by Crippen LogP contribution is -2.35. The Kier molecular flexibility index (Phi) is 4.89. The van der Waals surface area contributed by atoms with Crippen molar-refractivity contribution in [3.8, 4) is 12.3 Å². The van der Waals surface area contributed by atoms with Crippen LogP contribution in [0.15, 0.2) is 24.3 Å². The van der Waals surface area contributed by atoms with E-state index in [1.807, 2.05) is 0 Å². The number of hydrazine groups is 1. The van der Waals surface area contributed by atoms with E-state index >= 15 is 0 Å². The zero-order chi connectivity index (χ0) is 11.1. The molecule has 0 saturated carbocycles. The van der Waals surface area contributed by atoms with E-state index in [1.54, 1.807) is 0 Å². The van der Waals surface area contributed by atoms with Crippen molar-refractivity contribution in [2.75, 3.05) is 0 Å². The number of hydrogen-bond donors (Lipinski definition) is 2. The molecule has 2 nitrogen and oxygen atoms in total. The van der Waals surface area contributed by atoms with Crippen molar-refractivity contribution in [1.82, 2.24) is 5.43 Å². The van der Waals surface area contributed by atoms with Gasteiger partial charge in [-0.05, 0) is 25.3 Å². The van der Waals surface area contributed by atoms with Gasteiger partial charge in [0.2, 0.25) is 0 Å². The highest BCUT2D eigenvalue weighted by Gasteiger charge is 2.04. The lowest BCUT2D eigenvalue weighted by atomic mass is 10.0. The first-order valence-corrected chi connectivity index (χ1v) is 5.21. The smallest absolute Gasteiger partial charge is 0.0323 e. The molecule has 0 aliphatic carbocycles. The molecular weight excluding hydrogens is 184 g/mol. The standard InChI is InChI=1S/C13H18N2/c1-3-4-13(15-14)10-9-12-7-5-11(2)6-8-12/h1,5-8,13,15H,4,9-10,14H2,2H3. The Labute approximate surface area is 91.8 Å². The third-order valence-electron chi connectivity index (χ3n) is 2.50. The van der Waals surface area contributed by atoms with Crippen LogP contribution in [0.3, 0.4) is 0 Å². The van der Waals surface area contributed by atoms with E-state index in [-0.39, 0.29) is 6.04 Å². The van der Waals surface area contributed by atoms with Crippen molar-refractivity contribution in [1.29, 1.82) is 0 Å². The Morgan fingerprint density at radius 3 is 2.60 bits per heavy atom. The first-order chi connectivity index (χ1) is 7.26. The zero-order valence-corrected chi connectivity index (χ0v) is 9.16. The van der Waals surface area contributed by atoms with Crippen LogP contribution < -0.4 is 11.3 Å². The summed E-state index contributed by atoms with van der Waals surface area (Å²) in [5.41, 5.74) is 5.36. The molecule has 1 rings (SSSR count). The number of aryl methyl sites for hydroxylation is 2. The second-order valence-corrected chi connectivity index (χ2v) is 3.80. The highest BCUT2D eigenvalue weighted by molar-refractivity contribution is 5.21. The minimum Gasteiger partial charge on any atom is -0.271 e. The van der Waals surface area contributed by atoms with Gasteiger partial charge in [-0.3, -0.25) is 11.3 Å². The van der Waals surface area contributed by atoms with Crippen LogP contribution in [0.4, 0.5) is 0 Å². The highest BCUT2D eigenvalue weighted by Crippen LogP contribution is 2.08. The second kappa shape index (κ2) is 6.23. The fourth-order valence-electron chi connectivity index (χ4n) is 1.48. The average Bonchev–Trinajstić information content (AvgIpc) is 2.26. The predicted octanol–water partition coefficient (Wildman–Crippen LogP) is 1.78. The van der Waals surface area contributed by atoms with Crippen molar-refractivity contribution in [3.63, 3.8) is 0 Å². The van der Waals surface area contributed by atoms with Crippen LogP contribution in [-0.2, 0) is 6.42 Å². The van der Waals surface area contributed by atoms with Crippen LogP contribution in [0.25, 0.3) is 0 Å². The summed E-state index contributed by atoms with van der Waals surface area (Å²) in [5.74, 6) is 8.02. The molecule has 0 bridgehead atoms. The largest absolute Gasteiger partial charge is 0.271 e. The first-order valence-electron chi connectivity index (χ1n) is 5.21. The normalized spacial score (nSPS) is 12.1. The molecule has 2 heteroatoms. The molecule has 0 spiro atoms. The van der Waals surface area contributed by atoms with E-state index < -0.39 is 0 Å². The SMILES string of the molecule is C#CCC(CCc1ccc(C)cc1)NN. The molecule has 1 unspecified atom stereocenters. The molecule has 0 amide bonds. The zero-order valence-electron chi connectivity index (χ0n) is 9.16. The molecule has 0 aliphatic heterocycles. The molecule has 0 aliphatic rings. The molecular formula is C13H18N2. The Morgan fingerprint density at radius 2 is 2.07 bits per heavy atom. The summed E-state index contributed by atoms with van der Waals surface area (Å²) in [6, 6.07) is 8.77. The van der Waals surface area contributed by atoms with E-state index in [0.29, 0.717) is 6.42 Å². The van der Waals surface area contributed by atoms with Gasteiger partial charge in [0, 0.05) is 12.5 Å². The number of terminal acetylenes is 1. The van der Waals surface area contributed by atoms with Crippen LogP contribution >= 0.6 is 0 Å². The topological polar surface area (TPSA) is 38.0 Å². The summed E-state index contributed by atoms with van der Waals surface area (Å²) >= 11 is 0. The lowest BCUT2D eigenvalue weighted by Gasteiger charge is -2.12. The summed E-state index contributed by atoms with van der Waals surface area (Å²) in [5, 5.41) is 0. The molecule has 0 radical (unpaired) electrons. The van der Waals surface area contributed by atoms with Crippen molar-refractivity contribution in [2.45, 2.75) is 32.2 Å². The summed E-state index contributed by atoms with van der Waals surface area (Å²) in [7, 11) is 0. The van der Waals surface area contributed by atoms with Gasteiger partial charge < -0.3 is 0 Å². The Balaban J connectivity index is 2.42. The molecule has 1 aromatic carbocycles. The lowest BCUT2D eigenvalue weighted by molar-refractivity contribution is 0.504. The van der Waals surface area contributed by atoms with Crippen molar-refractivity contribution in [2.24, 2.45) is 5.84 Å². The minimum atomic E-state index is 0.219. The summed E-state index contributed by atoms with van der Waals surface area (Å²) < 4.78 is 0. The Bertz CT molecular complexity index is 321. The molecule has 0 heterocycles. The van der Waals surface area contributed by atoms with Gasteiger partial charge in [0.15, 0.2) is 0 Å². The van der Waals surface area contributed by atoms with E-state index in [4.69, 9.17) is 12.3 Å². The monoisotopic (exact) mass is 202 g/mol. The van der Waals surface area contributed by atoms with Gasteiger partial charge in [0.05, 0.1) is 0 Å². The molecule has 0 aromatic heterocycles. The Morgan fingerprint density at radius 1 is 1.40 bits per heavy atom. The molecule has 0 saturated heterocycles. The van der Waals surface area contributed by atoms with Gasteiger partial charge in [-0.25, -0.2) is 0 Å². The summed E-state index contributed by atoms with van der Waals surface area (Å²) in [4.78, 5) is 0. The van der Waals surface area contributed by atoms with E-state index in [1.165, 1.54) is 11.1 Å². The maximum absolute atomic E-state index is 5.40. The van der Waals surface area contributed by atoms with Crippen LogP contribution in [0.5, 0.6) is 0 Å². The summed E-state index contributed by atoms with van der Waals surface area (Å²) in [6.45, 7) is 2.09. The van der Waals surface area contributed by atoms with E-state index in [2.05, 4.69) is 42.5 Å². The van der Waals surface area contributed by atoms with Crippen LogP contribution in [-0.4, -0.2) is 6.04 Å². The van der Waals surface area contributed by atoms with Gasteiger partial charge in [0.25, 0.3) is 0 Å². The molecule has 1 atom stereocenters. The third kappa shape index (κ3) is 4.16. The number of hydrogen-bond acceptors (Lipinski definition) is 2. The number of nitrogens with one attached hydrogen (secondary N) is 1. The maximum Gasteiger partial charge on any atom is 0.0323 e. The van der Waals surface area contributed by atoms with Crippen LogP contribution in [0.2, 0.25) is 0 Å². The van der Waals surface area contributed by atoms with Crippen molar-refractivity contribution in [3.05, 3.63) is 35.4 Å². The van der Waals surface area contributed by atoms with Gasteiger partial charge in [-0.1, -0.05) is 29.8 Å². The van der Waals surface area contributed by atoms with Crippen LogP contribution in [0.1, 0.15) is 24.0 Å². The third-order valence-corrected chi connectivity index (χ3v) is 2.50. The Hall–Kier alpha value is -1.30. The second-order valence-electron chi connectivity index (χ2n) is 3.80. The predicted molar refractivity (Wildman–Crippen MR) is 64.1 cm³/mol. The fourth-order valence-corrected chi connectivity index (χ4v) is 1.48. The number of benzene rings is 1. The number of nitrogens with two attached hydrogens (primary N) is 1. The van der Waals surface area contributed by atoms with Gasteiger partial charge >= 0.3 is 0 Å². The summed E-state index contributed by atoms with van der Waals surface area (Å²) in [6.07, 6.45) is 7.92. The van der Waals surface area contributed by atoms with Crippen molar-refractivity contribution >= 4 is 0 Å². The van der Waals surface area contributed by atoms with E-state index in [0.717, 1.165) is 12.8 Å². The van der Waals surface area contributed by atoms with Crippen molar-refractivity contribution < 1.29 is 0 Å². The van der Waals surface area contributed by atoms with Crippen LogP contribution in [0, 0.1) is 19.3 Å². The molecule has 15 heavy (non-hydrogen) atoms. The minimum absolute atomic E-state index is 0.219. The maximum atomic E-state index is 5.40. The van der Waals surface area contributed by atoms with E-state index in [9.17, 15) is 0 Å². The molecule has 3 N–H and O–H groups in total. The highest BCUT2D eigenvalue weighted by atomic mass is 15.2. The fraction of sp³-hybridized carbons (Fsp3) is 0.385.